The van der Waals surface area contributed by atoms with Crippen molar-refractivity contribution in [3.8, 4) is 0 Å². The molecule has 0 aliphatic heterocycles. The van der Waals surface area contributed by atoms with Crippen LogP contribution in [-0.2, 0) is 11.3 Å². The fourth-order valence-corrected chi connectivity index (χ4v) is 1.50. The Bertz CT molecular complexity index is 319. The maximum Gasteiger partial charge on any atom is 0.137 e. The lowest BCUT2D eigenvalue weighted by Crippen LogP contribution is -2.29. The molecule has 0 aliphatic rings. The molecule has 2 nitrogen and oxygen atoms in total. The summed E-state index contributed by atoms with van der Waals surface area (Å²) in [5, 5.41) is 3.24. The lowest BCUT2D eigenvalue weighted by atomic mass is 10.2. The molecule has 0 fully saturated rings. The molecule has 4 heteroatoms. The Morgan fingerprint density at radius 1 is 1.53 bits per heavy atom. The molecule has 0 spiro atoms. The second-order valence-electron chi connectivity index (χ2n) is 3.49. The van der Waals surface area contributed by atoms with E-state index in [1.807, 2.05) is 13.0 Å². The van der Waals surface area contributed by atoms with Crippen molar-refractivity contribution in [3.05, 3.63) is 34.1 Å². The van der Waals surface area contributed by atoms with E-state index >= 15 is 0 Å². The highest BCUT2D eigenvalue weighted by atomic mass is 79.9. The molecule has 0 amide bonds. The van der Waals surface area contributed by atoms with E-state index in [2.05, 4.69) is 21.2 Å². The van der Waals surface area contributed by atoms with Crippen molar-refractivity contribution in [2.24, 2.45) is 0 Å². The van der Waals surface area contributed by atoms with Crippen LogP contribution in [0.15, 0.2) is 22.7 Å². The summed E-state index contributed by atoms with van der Waals surface area (Å²) >= 11 is 3.12. The van der Waals surface area contributed by atoms with E-state index in [1.165, 1.54) is 6.07 Å². The van der Waals surface area contributed by atoms with Crippen LogP contribution in [0.5, 0.6) is 0 Å². The van der Waals surface area contributed by atoms with Gasteiger partial charge in [0.25, 0.3) is 0 Å². The van der Waals surface area contributed by atoms with E-state index < -0.39 is 0 Å². The van der Waals surface area contributed by atoms with Crippen molar-refractivity contribution >= 4 is 15.9 Å². The normalized spacial score (nSPS) is 12.8. The Labute approximate surface area is 98.0 Å². The van der Waals surface area contributed by atoms with Crippen molar-refractivity contribution in [1.29, 1.82) is 0 Å². The van der Waals surface area contributed by atoms with Crippen molar-refractivity contribution in [1.82, 2.24) is 5.32 Å². The van der Waals surface area contributed by atoms with E-state index in [-0.39, 0.29) is 11.9 Å². The topological polar surface area (TPSA) is 21.3 Å². The number of hydrogen-bond acceptors (Lipinski definition) is 2. The summed E-state index contributed by atoms with van der Waals surface area (Å²) in [4.78, 5) is 0. The maximum atomic E-state index is 13.2. The van der Waals surface area contributed by atoms with Gasteiger partial charge in [0, 0.05) is 19.7 Å². The summed E-state index contributed by atoms with van der Waals surface area (Å²) in [6.45, 7) is 3.33. The van der Waals surface area contributed by atoms with E-state index in [4.69, 9.17) is 4.74 Å². The van der Waals surface area contributed by atoms with Crippen LogP contribution in [0.4, 0.5) is 4.39 Å². The third-order valence-electron chi connectivity index (χ3n) is 2.06. The molecule has 15 heavy (non-hydrogen) atoms. The molecule has 0 heterocycles. The number of rotatable bonds is 5. The van der Waals surface area contributed by atoms with Crippen LogP contribution in [-0.4, -0.2) is 19.8 Å². The van der Waals surface area contributed by atoms with Crippen LogP contribution in [0.1, 0.15) is 12.5 Å². The number of ether oxygens (including phenoxy) is 1. The monoisotopic (exact) mass is 275 g/mol. The summed E-state index contributed by atoms with van der Waals surface area (Å²) in [6, 6.07) is 5.39. The van der Waals surface area contributed by atoms with Crippen LogP contribution >= 0.6 is 15.9 Å². The summed E-state index contributed by atoms with van der Waals surface area (Å²) < 4.78 is 18.6. The number of nitrogens with one attached hydrogen (secondary N) is 1. The van der Waals surface area contributed by atoms with Crippen molar-refractivity contribution in [3.63, 3.8) is 0 Å². The van der Waals surface area contributed by atoms with E-state index in [9.17, 15) is 4.39 Å². The Kier molecular flexibility index (Phi) is 5.22. The number of halogens is 2. The molecule has 0 aliphatic carbocycles. The summed E-state index contributed by atoms with van der Waals surface area (Å²) in [5.41, 5.74) is 0.929. The molecule has 1 atom stereocenters. The van der Waals surface area contributed by atoms with Gasteiger partial charge in [-0.3, -0.25) is 0 Å². The van der Waals surface area contributed by atoms with Crippen LogP contribution in [0.3, 0.4) is 0 Å². The SMILES string of the molecule is COC[C@H](C)NCc1ccc(Br)c(F)c1. The van der Waals surface area contributed by atoms with Crippen LogP contribution in [0.25, 0.3) is 0 Å². The predicted octanol–water partition coefficient (Wildman–Crippen LogP) is 2.71. The zero-order valence-corrected chi connectivity index (χ0v) is 10.5. The quantitative estimate of drug-likeness (QED) is 0.892. The highest BCUT2D eigenvalue weighted by Crippen LogP contribution is 2.16. The van der Waals surface area contributed by atoms with Gasteiger partial charge < -0.3 is 10.1 Å². The van der Waals surface area contributed by atoms with Crippen molar-refractivity contribution in [2.45, 2.75) is 19.5 Å². The number of benzene rings is 1. The largest absolute Gasteiger partial charge is 0.383 e. The molecule has 0 unspecified atom stereocenters. The summed E-state index contributed by atoms with van der Waals surface area (Å²) in [7, 11) is 1.66. The first-order valence-electron chi connectivity index (χ1n) is 4.79. The minimum Gasteiger partial charge on any atom is -0.383 e. The number of methoxy groups -OCH3 is 1. The Morgan fingerprint density at radius 2 is 2.27 bits per heavy atom. The molecule has 0 saturated carbocycles. The molecular formula is C11H15BrFNO. The molecular weight excluding hydrogens is 261 g/mol. The first-order chi connectivity index (χ1) is 7.13. The van der Waals surface area contributed by atoms with E-state index in [0.29, 0.717) is 17.6 Å². The predicted molar refractivity (Wildman–Crippen MR) is 62.3 cm³/mol. The van der Waals surface area contributed by atoms with Crippen LogP contribution in [0.2, 0.25) is 0 Å². The maximum absolute atomic E-state index is 13.2. The van der Waals surface area contributed by atoms with Gasteiger partial charge in [0.15, 0.2) is 0 Å². The first-order valence-corrected chi connectivity index (χ1v) is 5.59. The minimum absolute atomic E-state index is 0.228. The van der Waals surface area contributed by atoms with Gasteiger partial charge in [-0.25, -0.2) is 4.39 Å². The van der Waals surface area contributed by atoms with Gasteiger partial charge in [-0.05, 0) is 40.5 Å². The average molecular weight is 276 g/mol. The Hall–Kier alpha value is -0.450. The lowest BCUT2D eigenvalue weighted by Gasteiger charge is -2.12. The molecule has 1 rings (SSSR count). The van der Waals surface area contributed by atoms with Gasteiger partial charge in [0.1, 0.15) is 5.82 Å². The van der Waals surface area contributed by atoms with Gasteiger partial charge in [-0.1, -0.05) is 6.07 Å². The zero-order valence-electron chi connectivity index (χ0n) is 8.89. The van der Waals surface area contributed by atoms with Gasteiger partial charge in [-0.2, -0.15) is 0 Å². The molecule has 1 aromatic carbocycles. The van der Waals surface area contributed by atoms with E-state index in [1.54, 1.807) is 13.2 Å². The number of hydrogen-bond donors (Lipinski definition) is 1. The highest BCUT2D eigenvalue weighted by molar-refractivity contribution is 9.10. The zero-order chi connectivity index (χ0) is 11.3. The average Bonchev–Trinajstić information content (AvgIpc) is 2.20. The van der Waals surface area contributed by atoms with Crippen molar-refractivity contribution in [2.75, 3.05) is 13.7 Å². The molecule has 0 aromatic heterocycles. The molecule has 84 valence electrons. The van der Waals surface area contributed by atoms with Gasteiger partial charge in [0.2, 0.25) is 0 Å². The third kappa shape index (κ3) is 4.28. The van der Waals surface area contributed by atoms with Gasteiger partial charge in [0.05, 0.1) is 11.1 Å². The Balaban J connectivity index is 2.47. The lowest BCUT2D eigenvalue weighted by molar-refractivity contribution is 0.171. The smallest absolute Gasteiger partial charge is 0.137 e. The summed E-state index contributed by atoms with van der Waals surface area (Å²) in [5.74, 6) is -0.228. The third-order valence-corrected chi connectivity index (χ3v) is 2.70. The second-order valence-corrected chi connectivity index (χ2v) is 4.34. The van der Waals surface area contributed by atoms with Crippen molar-refractivity contribution < 1.29 is 9.13 Å². The van der Waals surface area contributed by atoms with Gasteiger partial charge >= 0.3 is 0 Å². The second kappa shape index (κ2) is 6.20. The molecule has 1 N–H and O–H groups in total. The molecule has 1 aromatic rings. The standard InChI is InChI=1S/C11H15BrFNO/c1-8(7-15-2)14-6-9-3-4-10(12)11(13)5-9/h3-5,8,14H,6-7H2,1-2H3/t8-/m0/s1. The fourth-order valence-electron chi connectivity index (χ4n) is 1.25. The van der Waals surface area contributed by atoms with Crippen LogP contribution in [0, 0.1) is 5.82 Å². The van der Waals surface area contributed by atoms with E-state index in [0.717, 1.165) is 5.56 Å². The highest BCUT2D eigenvalue weighted by Gasteiger charge is 2.03. The molecule has 0 saturated heterocycles. The Morgan fingerprint density at radius 3 is 2.87 bits per heavy atom. The minimum atomic E-state index is -0.228. The first kappa shape index (κ1) is 12.6. The summed E-state index contributed by atoms with van der Waals surface area (Å²) in [6.07, 6.45) is 0. The molecule has 0 bridgehead atoms. The van der Waals surface area contributed by atoms with Crippen LogP contribution < -0.4 is 5.32 Å². The van der Waals surface area contributed by atoms with Gasteiger partial charge in [-0.15, -0.1) is 0 Å². The molecule has 0 radical (unpaired) electrons. The fraction of sp³-hybridized carbons (Fsp3) is 0.455.